The summed E-state index contributed by atoms with van der Waals surface area (Å²) in [5.41, 5.74) is 3.71. The van der Waals surface area contributed by atoms with Crippen molar-refractivity contribution in [3.63, 3.8) is 0 Å². The number of fused-ring (bicyclic) bond motifs is 1. The highest BCUT2D eigenvalue weighted by Gasteiger charge is 2.25. The summed E-state index contributed by atoms with van der Waals surface area (Å²) >= 11 is 0. The maximum absolute atomic E-state index is 13.0. The molecule has 5 rings (SSSR count). The summed E-state index contributed by atoms with van der Waals surface area (Å²) in [5, 5.41) is 0. The van der Waals surface area contributed by atoms with Crippen molar-refractivity contribution < 1.29 is 8.42 Å². The predicted octanol–water partition coefficient (Wildman–Crippen LogP) is 4.17. The van der Waals surface area contributed by atoms with Gasteiger partial charge in [-0.1, -0.05) is 60.7 Å². The van der Waals surface area contributed by atoms with Crippen molar-refractivity contribution >= 4 is 21.1 Å². The Hall–Kier alpha value is -3.00. The summed E-state index contributed by atoms with van der Waals surface area (Å²) in [6.07, 6.45) is 1.60. The number of hydrogen-bond acceptors (Lipinski definition) is 4. The first-order chi connectivity index (χ1) is 15.6. The van der Waals surface area contributed by atoms with Crippen molar-refractivity contribution in [3.05, 3.63) is 84.4 Å². The van der Waals surface area contributed by atoms with Gasteiger partial charge in [-0.05, 0) is 36.6 Å². The van der Waals surface area contributed by atoms with Crippen LogP contribution in [0.4, 0.5) is 0 Å². The van der Waals surface area contributed by atoms with Crippen molar-refractivity contribution in [3.8, 4) is 11.4 Å². The summed E-state index contributed by atoms with van der Waals surface area (Å²) in [5.74, 6) is 0.730. The molecule has 1 aromatic heterocycles. The fourth-order valence-electron chi connectivity index (χ4n) is 4.23. The van der Waals surface area contributed by atoms with Gasteiger partial charge in [0.2, 0.25) is 10.0 Å². The molecule has 0 amide bonds. The van der Waals surface area contributed by atoms with Gasteiger partial charge in [0.05, 0.1) is 15.9 Å². The van der Waals surface area contributed by atoms with Crippen LogP contribution in [0, 0.1) is 0 Å². The van der Waals surface area contributed by atoms with Crippen LogP contribution in [0.1, 0.15) is 18.4 Å². The number of benzene rings is 3. The summed E-state index contributed by atoms with van der Waals surface area (Å²) in [4.78, 5) is 10.5. The minimum Gasteiger partial charge on any atom is -0.338 e. The highest BCUT2D eigenvalue weighted by molar-refractivity contribution is 7.89. The van der Waals surface area contributed by atoms with Crippen molar-refractivity contribution in [2.75, 3.05) is 13.1 Å². The molecule has 32 heavy (non-hydrogen) atoms. The van der Waals surface area contributed by atoms with Crippen molar-refractivity contribution in [2.45, 2.75) is 30.3 Å². The van der Waals surface area contributed by atoms with Gasteiger partial charge in [-0.15, -0.1) is 0 Å². The Morgan fingerprint density at radius 3 is 2.34 bits per heavy atom. The van der Waals surface area contributed by atoms with Crippen LogP contribution in [0.15, 0.2) is 83.8 Å². The van der Waals surface area contributed by atoms with E-state index >= 15 is 0 Å². The molecule has 0 radical (unpaired) electrons. The normalized spacial score (nSPS) is 15.9. The highest BCUT2D eigenvalue weighted by Crippen LogP contribution is 2.23. The lowest BCUT2D eigenvalue weighted by molar-refractivity contribution is 0.200. The number of imidazole rings is 1. The third kappa shape index (κ3) is 4.60. The van der Waals surface area contributed by atoms with E-state index in [1.807, 2.05) is 36.4 Å². The summed E-state index contributed by atoms with van der Waals surface area (Å²) in [6.45, 7) is 2.66. The second kappa shape index (κ2) is 8.86. The van der Waals surface area contributed by atoms with E-state index in [1.165, 1.54) is 5.56 Å². The van der Waals surface area contributed by atoms with Crippen LogP contribution in [-0.4, -0.2) is 42.4 Å². The standard InChI is InChI=1S/C25H26N4O2S/c30-32(31,28-21-13-15-29(16-14-21)18-19-7-3-1-4-8-19)22-11-12-23-24(17-22)27-25(26-23)20-9-5-2-6-10-20/h1-12,17,21,28H,13-16,18H2,(H,26,27). The Balaban J connectivity index is 1.25. The molecule has 1 aliphatic heterocycles. The monoisotopic (exact) mass is 446 g/mol. The highest BCUT2D eigenvalue weighted by atomic mass is 32.2. The summed E-state index contributed by atoms with van der Waals surface area (Å²) < 4.78 is 29.0. The number of sulfonamides is 1. The second-order valence-electron chi connectivity index (χ2n) is 8.29. The first-order valence-corrected chi connectivity index (χ1v) is 12.4. The lowest BCUT2D eigenvalue weighted by Crippen LogP contribution is -2.44. The third-order valence-electron chi connectivity index (χ3n) is 5.97. The number of aromatic nitrogens is 2. The van der Waals surface area contributed by atoms with Gasteiger partial charge in [0.25, 0.3) is 0 Å². The van der Waals surface area contributed by atoms with E-state index in [9.17, 15) is 8.42 Å². The largest absolute Gasteiger partial charge is 0.338 e. The lowest BCUT2D eigenvalue weighted by Gasteiger charge is -2.32. The van der Waals surface area contributed by atoms with Gasteiger partial charge in [0.1, 0.15) is 5.82 Å². The number of aromatic amines is 1. The number of likely N-dealkylation sites (tertiary alicyclic amines) is 1. The molecule has 0 aliphatic carbocycles. The van der Waals surface area contributed by atoms with E-state index in [-0.39, 0.29) is 10.9 Å². The summed E-state index contributed by atoms with van der Waals surface area (Å²) in [7, 11) is -3.60. The Labute approximate surface area is 188 Å². The number of piperidine rings is 1. The van der Waals surface area contributed by atoms with Gasteiger partial charge < -0.3 is 4.98 Å². The predicted molar refractivity (Wildman–Crippen MR) is 127 cm³/mol. The van der Waals surface area contributed by atoms with Crippen molar-refractivity contribution in [2.24, 2.45) is 0 Å². The van der Waals surface area contributed by atoms with E-state index in [0.29, 0.717) is 5.52 Å². The van der Waals surface area contributed by atoms with Gasteiger partial charge in [0.15, 0.2) is 0 Å². The molecule has 1 fully saturated rings. The molecular weight excluding hydrogens is 420 g/mol. The SMILES string of the molecule is O=S(=O)(NC1CCN(Cc2ccccc2)CC1)c1ccc2nc(-c3ccccc3)[nH]c2c1. The van der Waals surface area contributed by atoms with Crippen LogP contribution in [0.2, 0.25) is 0 Å². The molecule has 7 heteroatoms. The van der Waals surface area contributed by atoms with Crippen molar-refractivity contribution in [1.82, 2.24) is 19.6 Å². The fourth-order valence-corrected chi connectivity index (χ4v) is 5.56. The van der Waals surface area contributed by atoms with Gasteiger partial charge in [0, 0.05) is 31.2 Å². The molecular formula is C25H26N4O2S. The number of nitrogens with one attached hydrogen (secondary N) is 2. The average Bonchev–Trinajstić information content (AvgIpc) is 3.25. The molecule has 164 valence electrons. The molecule has 6 nitrogen and oxygen atoms in total. The first-order valence-electron chi connectivity index (χ1n) is 10.9. The molecule has 0 saturated carbocycles. The zero-order valence-electron chi connectivity index (χ0n) is 17.7. The average molecular weight is 447 g/mol. The minimum atomic E-state index is -3.60. The molecule has 1 aliphatic rings. The molecule has 0 spiro atoms. The Kier molecular flexibility index (Phi) is 5.78. The zero-order chi connectivity index (χ0) is 22.0. The number of nitrogens with zero attached hydrogens (tertiary/aromatic N) is 2. The topological polar surface area (TPSA) is 78.1 Å². The molecule has 2 N–H and O–H groups in total. The van der Waals surface area contributed by atoms with Crippen LogP contribution < -0.4 is 4.72 Å². The molecule has 0 atom stereocenters. The van der Waals surface area contributed by atoms with Crippen LogP contribution in [-0.2, 0) is 16.6 Å². The first kappa shape index (κ1) is 20.9. The smallest absolute Gasteiger partial charge is 0.240 e. The maximum atomic E-state index is 13.0. The molecule has 0 unspecified atom stereocenters. The molecule has 2 heterocycles. The Morgan fingerprint density at radius 2 is 1.62 bits per heavy atom. The maximum Gasteiger partial charge on any atom is 0.240 e. The van der Waals surface area contributed by atoms with Crippen LogP contribution in [0.5, 0.6) is 0 Å². The third-order valence-corrected chi connectivity index (χ3v) is 7.49. The van der Waals surface area contributed by atoms with Crippen LogP contribution in [0.25, 0.3) is 22.4 Å². The number of H-pyrrole nitrogens is 1. The second-order valence-corrected chi connectivity index (χ2v) is 10.0. The van der Waals surface area contributed by atoms with Gasteiger partial charge in [-0.2, -0.15) is 0 Å². The van der Waals surface area contributed by atoms with E-state index in [0.717, 1.165) is 49.4 Å². The molecule has 0 bridgehead atoms. The molecule has 1 saturated heterocycles. The zero-order valence-corrected chi connectivity index (χ0v) is 18.6. The minimum absolute atomic E-state index is 0.0515. The van der Waals surface area contributed by atoms with Crippen molar-refractivity contribution in [1.29, 1.82) is 0 Å². The quantitative estimate of drug-likeness (QED) is 0.466. The van der Waals surface area contributed by atoms with Gasteiger partial charge in [-0.3, -0.25) is 4.90 Å². The van der Waals surface area contributed by atoms with Crippen LogP contribution >= 0.6 is 0 Å². The van der Waals surface area contributed by atoms with E-state index in [1.54, 1.807) is 18.2 Å². The number of hydrogen-bond donors (Lipinski definition) is 2. The van der Waals surface area contributed by atoms with E-state index in [2.05, 4.69) is 43.9 Å². The van der Waals surface area contributed by atoms with Gasteiger partial charge >= 0.3 is 0 Å². The van der Waals surface area contributed by atoms with Gasteiger partial charge in [-0.25, -0.2) is 18.1 Å². The van der Waals surface area contributed by atoms with E-state index < -0.39 is 10.0 Å². The summed E-state index contributed by atoms with van der Waals surface area (Å²) in [6, 6.07) is 25.2. The Bertz CT molecular complexity index is 1300. The molecule has 3 aromatic carbocycles. The van der Waals surface area contributed by atoms with E-state index in [4.69, 9.17) is 0 Å². The molecule has 4 aromatic rings. The lowest BCUT2D eigenvalue weighted by atomic mass is 10.1. The Morgan fingerprint density at radius 1 is 0.938 bits per heavy atom. The fraction of sp³-hybridized carbons (Fsp3) is 0.240. The van der Waals surface area contributed by atoms with Crippen LogP contribution in [0.3, 0.4) is 0 Å². The number of rotatable bonds is 6.